The van der Waals surface area contributed by atoms with Crippen LogP contribution in [-0.4, -0.2) is 45.2 Å². The van der Waals surface area contributed by atoms with Crippen molar-refractivity contribution in [3.63, 3.8) is 0 Å². The summed E-state index contributed by atoms with van der Waals surface area (Å²) in [5, 5.41) is 31.3. The molecule has 5 heteroatoms. The van der Waals surface area contributed by atoms with Crippen LogP contribution in [0.15, 0.2) is 36.5 Å². The third-order valence-electron chi connectivity index (χ3n) is 5.00. The summed E-state index contributed by atoms with van der Waals surface area (Å²) in [6, 6.07) is 0. The second-order valence-electron chi connectivity index (χ2n) is 5.94. The predicted molar refractivity (Wildman–Crippen MR) is 70.5 cm³/mol. The standard InChI is InChI=1S/C15H18O5/c1-6-9-4-11(16)7(2)10-5-12(17)8(3)15(10,19)13(9)20-14(6)18/h9-13,16-17,19H,1-5H2/t9-,10-,11+,12+,13-,15+/m0/s1. The predicted octanol–water partition coefficient (Wildman–Crippen LogP) is 0.0731. The molecule has 3 N–H and O–H groups in total. The van der Waals surface area contributed by atoms with Gasteiger partial charge in [-0.05, 0) is 24.0 Å². The summed E-state index contributed by atoms with van der Waals surface area (Å²) >= 11 is 0. The van der Waals surface area contributed by atoms with Gasteiger partial charge in [-0.15, -0.1) is 0 Å². The number of hydrogen-bond acceptors (Lipinski definition) is 5. The lowest BCUT2D eigenvalue weighted by molar-refractivity contribution is -0.151. The molecule has 0 aromatic carbocycles. The minimum atomic E-state index is -1.59. The lowest BCUT2D eigenvalue weighted by Crippen LogP contribution is -2.49. The highest BCUT2D eigenvalue weighted by atomic mass is 16.6. The highest BCUT2D eigenvalue weighted by Gasteiger charge is 2.63. The van der Waals surface area contributed by atoms with E-state index in [2.05, 4.69) is 19.7 Å². The minimum Gasteiger partial charge on any atom is -0.455 e. The summed E-state index contributed by atoms with van der Waals surface area (Å²) in [4.78, 5) is 11.7. The van der Waals surface area contributed by atoms with Gasteiger partial charge >= 0.3 is 5.97 Å². The van der Waals surface area contributed by atoms with Crippen molar-refractivity contribution >= 4 is 5.97 Å². The van der Waals surface area contributed by atoms with E-state index < -0.39 is 41.7 Å². The normalized spacial score (nSPS) is 47.9. The lowest BCUT2D eigenvalue weighted by atomic mass is 9.77. The summed E-state index contributed by atoms with van der Waals surface area (Å²) in [6.45, 7) is 11.3. The number of ether oxygens (including phenoxy) is 1. The Labute approximate surface area is 116 Å². The molecule has 0 radical (unpaired) electrons. The lowest BCUT2D eigenvalue weighted by Gasteiger charge is -2.36. The molecule has 3 fully saturated rings. The molecule has 20 heavy (non-hydrogen) atoms. The van der Waals surface area contributed by atoms with Crippen molar-refractivity contribution in [3.8, 4) is 0 Å². The van der Waals surface area contributed by atoms with E-state index in [1.165, 1.54) is 0 Å². The first-order valence-electron chi connectivity index (χ1n) is 6.64. The monoisotopic (exact) mass is 278 g/mol. The Bertz CT molecular complexity index is 536. The molecule has 1 aliphatic heterocycles. The van der Waals surface area contributed by atoms with Crippen LogP contribution in [0.1, 0.15) is 12.8 Å². The van der Waals surface area contributed by atoms with Gasteiger partial charge in [-0.2, -0.15) is 0 Å². The average Bonchev–Trinajstić information content (AvgIpc) is 2.78. The topological polar surface area (TPSA) is 87.0 Å². The zero-order chi connectivity index (χ0) is 14.8. The fourth-order valence-corrected chi connectivity index (χ4v) is 3.74. The Morgan fingerprint density at radius 3 is 2.45 bits per heavy atom. The molecule has 0 unspecified atom stereocenters. The van der Waals surface area contributed by atoms with Crippen LogP contribution >= 0.6 is 0 Å². The smallest absolute Gasteiger partial charge is 0.334 e. The summed E-state index contributed by atoms with van der Waals surface area (Å²) < 4.78 is 5.28. The molecule has 3 aliphatic rings. The number of carbonyl (C=O) groups is 1. The van der Waals surface area contributed by atoms with Gasteiger partial charge in [0.25, 0.3) is 0 Å². The zero-order valence-electron chi connectivity index (χ0n) is 11.1. The molecule has 1 heterocycles. The Hall–Kier alpha value is -1.43. The Balaban J connectivity index is 2.14. The van der Waals surface area contributed by atoms with E-state index in [1.807, 2.05) is 0 Å². The van der Waals surface area contributed by atoms with E-state index in [0.717, 1.165) is 0 Å². The van der Waals surface area contributed by atoms with E-state index in [-0.39, 0.29) is 24.0 Å². The summed E-state index contributed by atoms with van der Waals surface area (Å²) in [5.41, 5.74) is -0.683. The quantitative estimate of drug-likeness (QED) is 0.332. The van der Waals surface area contributed by atoms with E-state index in [9.17, 15) is 20.1 Å². The van der Waals surface area contributed by atoms with Gasteiger partial charge in [-0.3, -0.25) is 0 Å². The fraction of sp³-hybridized carbons (Fsp3) is 0.533. The molecule has 1 saturated heterocycles. The molecule has 108 valence electrons. The van der Waals surface area contributed by atoms with Crippen LogP contribution in [-0.2, 0) is 9.53 Å². The van der Waals surface area contributed by atoms with Gasteiger partial charge in [0.1, 0.15) is 11.7 Å². The third-order valence-corrected chi connectivity index (χ3v) is 5.00. The Kier molecular flexibility index (Phi) is 2.73. The maximum Gasteiger partial charge on any atom is 0.334 e. The van der Waals surface area contributed by atoms with Crippen LogP contribution in [0.5, 0.6) is 0 Å². The van der Waals surface area contributed by atoms with Crippen molar-refractivity contribution in [1.82, 2.24) is 0 Å². The largest absolute Gasteiger partial charge is 0.455 e. The Morgan fingerprint density at radius 1 is 1.15 bits per heavy atom. The number of aliphatic hydroxyl groups is 3. The first-order valence-corrected chi connectivity index (χ1v) is 6.64. The number of aliphatic hydroxyl groups excluding tert-OH is 2. The van der Waals surface area contributed by atoms with Crippen LogP contribution in [0.3, 0.4) is 0 Å². The van der Waals surface area contributed by atoms with Crippen LogP contribution in [0.2, 0.25) is 0 Å². The molecule has 2 aliphatic carbocycles. The maximum atomic E-state index is 11.7. The van der Waals surface area contributed by atoms with Crippen LogP contribution < -0.4 is 0 Å². The number of esters is 1. The van der Waals surface area contributed by atoms with Crippen molar-refractivity contribution in [1.29, 1.82) is 0 Å². The highest BCUT2D eigenvalue weighted by Crippen LogP contribution is 2.54. The van der Waals surface area contributed by atoms with Crippen molar-refractivity contribution < 1.29 is 24.9 Å². The van der Waals surface area contributed by atoms with E-state index in [1.54, 1.807) is 0 Å². The highest BCUT2D eigenvalue weighted by molar-refractivity contribution is 5.91. The summed E-state index contributed by atoms with van der Waals surface area (Å²) in [6.07, 6.45) is -2.19. The van der Waals surface area contributed by atoms with E-state index in [0.29, 0.717) is 5.57 Å². The summed E-state index contributed by atoms with van der Waals surface area (Å²) in [5.74, 6) is -1.64. The third kappa shape index (κ3) is 1.45. The van der Waals surface area contributed by atoms with Gasteiger partial charge in [0.05, 0.1) is 12.2 Å². The van der Waals surface area contributed by atoms with Gasteiger partial charge in [0, 0.05) is 17.4 Å². The van der Waals surface area contributed by atoms with Crippen LogP contribution in [0.25, 0.3) is 0 Å². The van der Waals surface area contributed by atoms with Crippen molar-refractivity contribution in [2.24, 2.45) is 11.8 Å². The van der Waals surface area contributed by atoms with Gasteiger partial charge in [0.2, 0.25) is 0 Å². The Morgan fingerprint density at radius 2 is 1.80 bits per heavy atom. The van der Waals surface area contributed by atoms with Crippen LogP contribution in [0.4, 0.5) is 0 Å². The van der Waals surface area contributed by atoms with Gasteiger partial charge in [0.15, 0.2) is 0 Å². The van der Waals surface area contributed by atoms with E-state index in [4.69, 9.17) is 4.74 Å². The zero-order valence-corrected chi connectivity index (χ0v) is 11.1. The van der Waals surface area contributed by atoms with E-state index >= 15 is 0 Å². The molecular formula is C15H18O5. The molecule has 0 aromatic heterocycles. The SMILES string of the molecule is C=C1C(=O)O[C@H]2[C@H]1C[C@@H](O)C(=C)[C@@H]1C[C@@H](O)C(=C)[C@@]12O. The number of carbonyl (C=O) groups excluding carboxylic acids is 1. The second kappa shape index (κ2) is 4.04. The second-order valence-corrected chi connectivity index (χ2v) is 5.94. The molecular weight excluding hydrogens is 260 g/mol. The van der Waals surface area contributed by atoms with Crippen molar-refractivity contribution in [2.75, 3.05) is 0 Å². The minimum absolute atomic E-state index is 0.218. The molecule has 0 aromatic rings. The van der Waals surface area contributed by atoms with Crippen molar-refractivity contribution in [3.05, 3.63) is 36.5 Å². The molecule has 0 amide bonds. The molecule has 5 nitrogen and oxygen atoms in total. The maximum absolute atomic E-state index is 11.7. The summed E-state index contributed by atoms with van der Waals surface area (Å²) in [7, 11) is 0. The number of hydrogen-bond donors (Lipinski definition) is 3. The molecule has 0 spiro atoms. The van der Waals surface area contributed by atoms with Gasteiger partial charge in [-0.25, -0.2) is 4.79 Å². The fourth-order valence-electron chi connectivity index (χ4n) is 3.74. The number of fused-ring (bicyclic) bond motifs is 3. The first kappa shape index (κ1) is 13.5. The van der Waals surface area contributed by atoms with Crippen LogP contribution in [0, 0.1) is 11.8 Å². The molecule has 2 saturated carbocycles. The number of rotatable bonds is 0. The van der Waals surface area contributed by atoms with Gasteiger partial charge < -0.3 is 20.1 Å². The average molecular weight is 278 g/mol. The first-order chi connectivity index (χ1) is 9.28. The molecule has 0 bridgehead atoms. The van der Waals surface area contributed by atoms with Crippen molar-refractivity contribution in [2.45, 2.75) is 36.8 Å². The van der Waals surface area contributed by atoms with Gasteiger partial charge in [-0.1, -0.05) is 19.7 Å². The molecule has 6 atom stereocenters. The molecule has 3 rings (SSSR count).